The Hall–Kier alpha value is -15.2. The summed E-state index contributed by atoms with van der Waals surface area (Å²) >= 11 is 0. The van der Waals surface area contributed by atoms with Gasteiger partial charge in [0.25, 0.3) is 11.8 Å². The summed E-state index contributed by atoms with van der Waals surface area (Å²) < 4.78 is 18.1. The molecule has 0 saturated carbocycles. The van der Waals surface area contributed by atoms with Gasteiger partial charge >= 0.3 is 11.9 Å². The summed E-state index contributed by atoms with van der Waals surface area (Å²) in [5.74, 6) is -1.26. The number of rotatable bonds is 7. The number of nitriles is 4. The van der Waals surface area contributed by atoms with Gasteiger partial charge in [-0.05, 0) is 173 Å². The second-order valence-corrected chi connectivity index (χ2v) is 27.6. The van der Waals surface area contributed by atoms with Crippen LogP contribution >= 0.6 is 0 Å². The number of aromatic hydroxyl groups is 1. The number of anilines is 1. The van der Waals surface area contributed by atoms with Crippen molar-refractivity contribution in [3.63, 3.8) is 0 Å². The number of benzene rings is 12. The monoisotopic (exact) mass is 1450 g/mol. The molecule has 0 spiro atoms. The number of imide groups is 1. The van der Waals surface area contributed by atoms with Crippen LogP contribution in [0.15, 0.2) is 237 Å². The lowest BCUT2D eigenvalue weighted by Gasteiger charge is -2.34. The summed E-state index contributed by atoms with van der Waals surface area (Å²) in [6, 6.07) is 75.5. The number of hydrogen-bond acceptors (Lipinski definition) is 14. The molecule has 534 valence electrons. The van der Waals surface area contributed by atoms with Crippen LogP contribution in [0.25, 0.3) is 116 Å². The number of cyclic esters (lactones) is 2. The summed E-state index contributed by atoms with van der Waals surface area (Å²) in [6.45, 7) is 7.93. The van der Waals surface area contributed by atoms with Gasteiger partial charge in [-0.2, -0.15) is 26.1 Å². The summed E-state index contributed by atoms with van der Waals surface area (Å²) in [5.41, 5.74) is 13.6. The number of nitrogens with one attached hydrogen (secondary N) is 1. The highest BCUT2D eigenvalue weighted by Gasteiger charge is 2.39. The van der Waals surface area contributed by atoms with E-state index in [2.05, 4.69) is 69.8 Å². The first-order chi connectivity index (χ1) is 54.2. The van der Waals surface area contributed by atoms with Gasteiger partial charge in [-0.3, -0.25) is 14.9 Å². The molecule has 0 atom stereocenters. The molecule has 19 heteroatoms. The fraction of sp³-hybridized carbons (Fsp3) is 0.0978. The Morgan fingerprint density at radius 2 is 1.06 bits per heavy atom. The van der Waals surface area contributed by atoms with Gasteiger partial charge in [-0.25, -0.2) is 14.3 Å². The predicted octanol–water partition coefficient (Wildman–Crippen LogP) is 17.4. The molecule has 111 heavy (non-hydrogen) atoms. The lowest BCUT2D eigenvalue weighted by Crippen LogP contribution is -2.44. The quantitative estimate of drug-likeness (QED) is 0.0651. The number of carbonyl (C=O) groups excluding carboxylic acids is 4. The normalized spacial score (nSPS) is 13.4. The smallest absolute Gasteiger partial charge is 0.349 e. The molecule has 19 nitrogen and oxygen atoms in total. The van der Waals surface area contributed by atoms with Crippen LogP contribution in [0, 0.1) is 59.2 Å². The summed E-state index contributed by atoms with van der Waals surface area (Å²) in [7, 11) is 3.77. The zero-order chi connectivity index (χ0) is 76.5. The third kappa shape index (κ3) is 11.7. The minimum absolute atomic E-state index is 0.00369. The first kappa shape index (κ1) is 68.9. The second kappa shape index (κ2) is 28.0. The number of nitrogens with zero attached hydrogens (tertiary/aromatic N) is 11. The van der Waals surface area contributed by atoms with E-state index in [1.165, 1.54) is 5.69 Å². The number of amides is 2. The SMILES string of the molecule is CN1CCN(c2cc3c4c(c5c(cc4c2)C(=O)NC5=O)CC=C3)CC1.COc1ccc2c(-n3ccc4ccccc43)c(C#N)c(C#N)c(-n3ccc4ccccc43)c2c1.Cc1cc(C)n(-c2c3c(c(-c4ccccc4)c4ccccc24)C(=O)OC3=O)n1.N#Cc1c(C#N)c(-n2cccc2)c2cc3ccccc3cc2c1O. The third-order valence-electron chi connectivity index (χ3n) is 21.2. The van der Waals surface area contributed by atoms with Crippen molar-refractivity contribution in [1.29, 1.82) is 21.0 Å². The zero-order valence-electron chi connectivity index (χ0n) is 60.4. The number of allylic oxidation sites excluding steroid dienone is 1. The minimum atomic E-state index is -0.634. The number of aromatic nitrogens is 5. The predicted molar refractivity (Wildman–Crippen MR) is 429 cm³/mol. The van der Waals surface area contributed by atoms with Crippen molar-refractivity contribution in [2.24, 2.45) is 0 Å². The number of likely N-dealkylation sites (N-methyl/N-ethyl adjacent to an activating group) is 1. The number of carbonyl (C=O) groups is 4. The van der Waals surface area contributed by atoms with E-state index in [1.807, 2.05) is 248 Å². The number of methoxy groups -OCH3 is 1. The maximum absolute atomic E-state index is 12.7. The van der Waals surface area contributed by atoms with Crippen molar-refractivity contribution in [2.75, 3.05) is 45.2 Å². The van der Waals surface area contributed by atoms with Crippen molar-refractivity contribution in [1.82, 2.24) is 33.7 Å². The molecule has 2 N–H and O–H groups in total. The molecule has 2 amide bonds. The van der Waals surface area contributed by atoms with E-state index in [9.17, 15) is 45.3 Å². The molecular weight excluding hydrogens is 1390 g/mol. The van der Waals surface area contributed by atoms with Gasteiger partial charge in [0.15, 0.2) is 0 Å². The average Bonchev–Trinajstić information content (AvgIpc) is 1.47. The number of esters is 2. The molecule has 16 aromatic rings. The molecule has 0 bridgehead atoms. The Kier molecular flexibility index (Phi) is 17.4. The molecule has 4 aliphatic rings. The molecule has 20 rings (SSSR count). The number of piperazine rings is 1. The van der Waals surface area contributed by atoms with E-state index >= 15 is 0 Å². The number of fused-ring (bicyclic) bond motifs is 9. The summed E-state index contributed by atoms with van der Waals surface area (Å²) in [5, 5.41) is 68.3. The molecule has 12 aromatic carbocycles. The minimum Gasteiger partial charge on any atom is -0.506 e. The molecule has 4 aromatic heterocycles. The molecule has 1 aliphatic carbocycles. The van der Waals surface area contributed by atoms with E-state index in [-0.39, 0.29) is 34.3 Å². The first-order valence-electron chi connectivity index (χ1n) is 36.0. The van der Waals surface area contributed by atoms with Crippen LogP contribution in [0.3, 0.4) is 0 Å². The number of aryl methyl sites for hydroxylation is 2. The van der Waals surface area contributed by atoms with Crippen molar-refractivity contribution in [2.45, 2.75) is 20.3 Å². The van der Waals surface area contributed by atoms with E-state index < -0.39 is 11.9 Å². The highest BCUT2D eigenvalue weighted by Crippen LogP contribution is 2.46. The third-order valence-corrected chi connectivity index (χ3v) is 21.2. The molecular formula is C92H64N12O7. The Morgan fingerprint density at radius 3 is 1.69 bits per heavy atom. The number of ether oxygens (including phenoxy) is 2. The first-order valence-corrected chi connectivity index (χ1v) is 36.0. The topological polar surface area (TPSA) is 253 Å². The Labute approximate surface area is 635 Å². The highest BCUT2D eigenvalue weighted by atomic mass is 16.6. The highest BCUT2D eigenvalue weighted by molar-refractivity contribution is 6.27. The Morgan fingerprint density at radius 1 is 0.495 bits per heavy atom. The number of hydrogen-bond donors (Lipinski definition) is 2. The Bertz CT molecular complexity index is 6890. The molecule has 1 fully saturated rings. The standard InChI is InChI=1S/C29H18N4O.C23H16N2O3.C20H19N3O2.C20H11N3O/c1-34-21-10-11-22-23(16-21)29(33-15-13-20-7-3-5-9-27(20)33)25(18-31)24(17-30)28(22)32-14-12-19-6-2-4-8-26(19)32;1-13-12-14(2)25(24-13)21-17-11-7-6-10-16(17)18(15-8-4-3-5-9-15)19-20(21)23(27)28-22(19)26;1-22-5-7-23(8-6-22)14-9-12-3-2-4-15-17(12)13(10-14)11-16-18(15)20(25)21-19(16)24;21-11-17-18(12-22)20(24)16-10-14-6-2-1-5-13(14)9-15(16)19(17)23-7-3-4-8-23/h2-16H,1H3;3-12H,1-2H3;2-3,9-11H,4-8H2,1H3,(H,21,24,25);1-10,24H. The fourth-order valence-electron chi connectivity index (χ4n) is 16.1. The van der Waals surface area contributed by atoms with Gasteiger partial charge in [-0.1, -0.05) is 127 Å². The van der Waals surface area contributed by atoms with E-state index in [0.29, 0.717) is 73.7 Å². The molecule has 0 radical (unpaired) electrons. The fourth-order valence-corrected chi connectivity index (χ4v) is 16.1. The van der Waals surface area contributed by atoms with Gasteiger partial charge in [0.2, 0.25) is 0 Å². The number of phenolic OH excluding ortho intramolecular Hbond substituents is 1. The average molecular weight is 1450 g/mol. The van der Waals surface area contributed by atoms with Crippen molar-refractivity contribution < 1.29 is 33.8 Å². The van der Waals surface area contributed by atoms with Crippen molar-refractivity contribution >= 4 is 111 Å². The summed E-state index contributed by atoms with van der Waals surface area (Å²) in [6.07, 6.45) is 12.5. The van der Waals surface area contributed by atoms with E-state index in [4.69, 9.17) is 9.47 Å². The van der Waals surface area contributed by atoms with Crippen LogP contribution in [0.1, 0.15) is 86.2 Å². The van der Waals surface area contributed by atoms with E-state index in [1.54, 1.807) is 16.4 Å². The summed E-state index contributed by atoms with van der Waals surface area (Å²) in [4.78, 5) is 54.5. The molecule has 7 heterocycles. The van der Waals surface area contributed by atoms with Crippen molar-refractivity contribution in [3.05, 3.63) is 304 Å². The van der Waals surface area contributed by atoms with Gasteiger partial charge in [0.05, 0.1) is 80.0 Å². The van der Waals surface area contributed by atoms with E-state index in [0.717, 1.165) is 125 Å². The van der Waals surface area contributed by atoms with Gasteiger partial charge in [0.1, 0.15) is 46.9 Å². The van der Waals surface area contributed by atoms with Gasteiger partial charge in [-0.15, -0.1) is 0 Å². The Balaban J connectivity index is 0.000000109. The van der Waals surface area contributed by atoms with Crippen LogP contribution in [0.4, 0.5) is 5.69 Å². The lowest BCUT2D eigenvalue weighted by molar-refractivity contribution is 0.0443. The van der Waals surface area contributed by atoms with Gasteiger partial charge < -0.3 is 38.1 Å². The second-order valence-electron chi connectivity index (χ2n) is 27.6. The number of para-hydroxylation sites is 2. The molecule has 3 aliphatic heterocycles. The van der Waals surface area contributed by atoms with Crippen LogP contribution in [0.2, 0.25) is 0 Å². The van der Waals surface area contributed by atoms with Crippen molar-refractivity contribution in [3.8, 4) is 69.7 Å². The molecule has 1 saturated heterocycles. The van der Waals surface area contributed by atoms with Gasteiger partial charge in [0, 0.05) is 94.8 Å². The maximum atomic E-state index is 12.7. The number of phenols is 1. The zero-order valence-corrected chi connectivity index (χ0v) is 60.4. The van der Waals surface area contributed by atoms with Crippen LogP contribution in [-0.2, 0) is 11.2 Å². The lowest BCUT2D eigenvalue weighted by atomic mass is 9.87. The van der Waals surface area contributed by atoms with Crippen LogP contribution < -0.4 is 15.0 Å². The largest absolute Gasteiger partial charge is 0.506 e. The van der Waals surface area contributed by atoms with Crippen LogP contribution in [-0.4, -0.2) is 97.6 Å². The molecule has 0 unspecified atom stereocenters. The maximum Gasteiger partial charge on any atom is 0.349 e. The van der Waals surface area contributed by atoms with Crippen LogP contribution in [0.5, 0.6) is 11.5 Å².